The van der Waals surface area contributed by atoms with E-state index in [2.05, 4.69) is 15.0 Å². The van der Waals surface area contributed by atoms with Gasteiger partial charge in [0.15, 0.2) is 11.5 Å². The third-order valence-electron chi connectivity index (χ3n) is 5.62. The minimum atomic E-state index is -0.177. The fourth-order valence-corrected chi connectivity index (χ4v) is 4.13. The van der Waals surface area contributed by atoms with Gasteiger partial charge in [0.05, 0.1) is 42.9 Å². The molecule has 1 N–H and O–H groups in total. The van der Waals surface area contributed by atoms with E-state index < -0.39 is 0 Å². The number of rotatable bonds is 9. The number of nitrogens with zero attached hydrogens (tertiary/aromatic N) is 3. The van der Waals surface area contributed by atoms with Crippen molar-refractivity contribution in [3.05, 3.63) is 59.9 Å². The molecule has 3 aromatic rings. The molecule has 0 aliphatic heterocycles. The molecule has 1 aromatic carbocycles. The zero-order valence-corrected chi connectivity index (χ0v) is 18.7. The maximum Gasteiger partial charge on any atom is 0.251 e. The maximum absolute atomic E-state index is 12.8. The quantitative estimate of drug-likeness (QED) is 0.524. The van der Waals surface area contributed by atoms with Crippen molar-refractivity contribution in [3.8, 4) is 22.9 Å². The summed E-state index contributed by atoms with van der Waals surface area (Å²) in [6.07, 6.45) is 6.49. The summed E-state index contributed by atoms with van der Waals surface area (Å²) in [6.45, 7) is 5.20. The molecule has 168 valence electrons. The number of ether oxygens (including phenoxy) is 2. The van der Waals surface area contributed by atoms with E-state index in [-0.39, 0.29) is 5.91 Å². The van der Waals surface area contributed by atoms with Crippen LogP contribution in [0.25, 0.3) is 11.4 Å². The molecule has 2 aromatic heterocycles. The molecule has 1 amide bonds. The first-order valence-corrected chi connectivity index (χ1v) is 11.4. The molecule has 2 heterocycles. The first-order chi connectivity index (χ1) is 15.7. The second-order valence-corrected chi connectivity index (χ2v) is 7.83. The lowest BCUT2D eigenvalue weighted by Gasteiger charge is -2.13. The van der Waals surface area contributed by atoms with Gasteiger partial charge in [-0.05, 0) is 63.1 Å². The van der Waals surface area contributed by atoms with Crippen molar-refractivity contribution in [2.45, 2.75) is 52.1 Å². The Kier molecular flexibility index (Phi) is 7.04. The zero-order valence-electron chi connectivity index (χ0n) is 18.7. The molecule has 7 nitrogen and oxygen atoms in total. The monoisotopic (exact) mass is 434 g/mol. The summed E-state index contributed by atoms with van der Waals surface area (Å²) in [5.74, 6) is 1.04. The van der Waals surface area contributed by atoms with Crippen molar-refractivity contribution in [1.82, 2.24) is 20.1 Å². The number of hydrogen-bond acceptors (Lipinski definition) is 5. The highest BCUT2D eigenvalue weighted by molar-refractivity contribution is 5.94. The van der Waals surface area contributed by atoms with Crippen LogP contribution in [0.5, 0.6) is 11.5 Å². The molecule has 4 rings (SSSR count). The molecular weight excluding hydrogens is 404 g/mol. The first-order valence-electron chi connectivity index (χ1n) is 11.4. The van der Waals surface area contributed by atoms with Gasteiger partial charge in [-0.15, -0.1) is 0 Å². The Morgan fingerprint density at radius 1 is 1.06 bits per heavy atom. The Bertz CT molecular complexity index is 1040. The molecule has 1 aliphatic carbocycles. The van der Waals surface area contributed by atoms with Gasteiger partial charge >= 0.3 is 0 Å². The van der Waals surface area contributed by atoms with E-state index in [1.165, 1.54) is 12.8 Å². The average molecular weight is 435 g/mol. The van der Waals surface area contributed by atoms with Crippen molar-refractivity contribution in [1.29, 1.82) is 0 Å². The lowest BCUT2D eigenvalue weighted by Crippen LogP contribution is -2.23. The summed E-state index contributed by atoms with van der Waals surface area (Å²) in [6, 6.07) is 13.6. The van der Waals surface area contributed by atoms with Crippen LogP contribution in [0, 0.1) is 0 Å². The number of aromatic nitrogens is 3. The van der Waals surface area contributed by atoms with Crippen LogP contribution >= 0.6 is 0 Å². The number of benzene rings is 1. The predicted molar refractivity (Wildman–Crippen MR) is 123 cm³/mol. The number of nitrogens with one attached hydrogen (secondary N) is 1. The van der Waals surface area contributed by atoms with Gasteiger partial charge in [-0.2, -0.15) is 5.10 Å². The van der Waals surface area contributed by atoms with Gasteiger partial charge < -0.3 is 14.8 Å². The van der Waals surface area contributed by atoms with Crippen LogP contribution in [0.4, 0.5) is 0 Å². The largest absolute Gasteiger partial charge is 0.490 e. The normalized spacial score (nSPS) is 13.8. The minimum Gasteiger partial charge on any atom is -0.490 e. The summed E-state index contributed by atoms with van der Waals surface area (Å²) in [5.41, 5.74) is 3.25. The smallest absolute Gasteiger partial charge is 0.251 e. The van der Waals surface area contributed by atoms with Gasteiger partial charge in [-0.1, -0.05) is 18.9 Å². The molecule has 1 saturated carbocycles. The topological polar surface area (TPSA) is 78.3 Å². The second-order valence-electron chi connectivity index (χ2n) is 7.83. The van der Waals surface area contributed by atoms with Crippen molar-refractivity contribution >= 4 is 5.91 Å². The molecule has 7 heteroatoms. The van der Waals surface area contributed by atoms with E-state index in [1.54, 1.807) is 24.4 Å². The van der Waals surface area contributed by atoms with Crippen molar-refractivity contribution in [2.75, 3.05) is 13.2 Å². The van der Waals surface area contributed by atoms with E-state index in [0.29, 0.717) is 42.9 Å². The van der Waals surface area contributed by atoms with E-state index in [4.69, 9.17) is 14.6 Å². The van der Waals surface area contributed by atoms with Crippen molar-refractivity contribution < 1.29 is 14.3 Å². The van der Waals surface area contributed by atoms with Crippen LogP contribution in [-0.4, -0.2) is 33.9 Å². The Morgan fingerprint density at radius 3 is 2.56 bits per heavy atom. The number of carbonyl (C=O) groups excluding carboxylic acids is 1. The average Bonchev–Trinajstić information content (AvgIpc) is 3.49. The third kappa shape index (κ3) is 4.93. The lowest BCUT2D eigenvalue weighted by molar-refractivity contribution is 0.0949. The lowest BCUT2D eigenvalue weighted by atomic mass is 10.2. The number of amides is 1. The SMILES string of the molecule is CCOc1ccc(C(=O)NCc2cc(-c3ccccn3)n(C3CCCC3)n2)cc1OCC. The van der Waals surface area contributed by atoms with E-state index in [0.717, 1.165) is 29.9 Å². The number of pyridine rings is 1. The van der Waals surface area contributed by atoms with E-state index >= 15 is 0 Å². The Labute approximate surface area is 188 Å². The molecule has 1 aliphatic rings. The minimum absolute atomic E-state index is 0.177. The van der Waals surface area contributed by atoms with Crippen LogP contribution in [-0.2, 0) is 6.54 Å². The molecule has 0 unspecified atom stereocenters. The van der Waals surface area contributed by atoms with Crippen molar-refractivity contribution in [3.63, 3.8) is 0 Å². The van der Waals surface area contributed by atoms with Crippen LogP contribution in [0.3, 0.4) is 0 Å². The van der Waals surface area contributed by atoms with Gasteiger partial charge in [0, 0.05) is 11.8 Å². The number of carbonyl (C=O) groups is 1. The predicted octanol–water partition coefficient (Wildman–Crippen LogP) is 4.79. The highest BCUT2D eigenvalue weighted by atomic mass is 16.5. The fourth-order valence-electron chi connectivity index (χ4n) is 4.13. The molecule has 0 bridgehead atoms. The van der Waals surface area contributed by atoms with Gasteiger partial charge in [-0.25, -0.2) is 0 Å². The third-order valence-corrected chi connectivity index (χ3v) is 5.62. The van der Waals surface area contributed by atoms with Gasteiger partial charge in [0.25, 0.3) is 5.91 Å². The van der Waals surface area contributed by atoms with Crippen molar-refractivity contribution in [2.24, 2.45) is 0 Å². The van der Waals surface area contributed by atoms with Gasteiger partial charge in [0.2, 0.25) is 0 Å². The summed E-state index contributed by atoms with van der Waals surface area (Å²) < 4.78 is 13.3. The number of hydrogen-bond donors (Lipinski definition) is 1. The molecule has 0 radical (unpaired) electrons. The van der Waals surface area contributed by atoms with Gasteiger partial charge in [0.1, 0.15) is 0 Å². The van der Waals surface area contributed by atoms with Gasteiger partial charge in [-0.3, -0.25) is 14.5 Å². The Hall–Kier alpha value is -3.35. The molecular formula is C25H30N4O3. The molecule has 32 heavy (non-hydrogen) atoms. The van der Waals surface area contributed by atoms with Crippen LogP contribution in [0.2, 0.25) is 0 Å². The van der Waals surface area contributed by atoms with E-state index in [9.17, 15) is 4.79 Å². The molecule has 0 spiro atoms. The van der Waals surface area contributed by atoms with Crippen LogP contribution in [0.15, 0.2) is 48.7 Å². The molecule has 0 saturated heterocycles. The molecule has 1 fully saturated rings. The standard InChI is InChI=1S/C25H30N4O3/c1-3-31-23-13-12-18(15-24(23)32-4-2)25(30)27-17-19-16-22(21-11-7-8-14-26-21)29(28-19)20-9-5-6-10-20/h7-8,11-16,20H,3-6,9-10,17H2,1-2H3,(H,27,30). The summed E-state index contributed by atoms with van der Waals surface area (Å²) in [4.78, 5) is 17.3. The zero-order chi connectivity index (χ0) is 22.3. The molecule has 0 atom stereocenters. The summed E-state index contributed by atoms with van der Waals surface area (Å²) in [5, 5.41) is 7.82. The Morgan fingerprint density at radius 2 is 1.84 bits per heavy atom. The highest BCUT2D eigenvalue weighted by Gasteiger charge is 2.22. The summed E-state index contributed by atoms with van der Waals surface area (Å²) in [7, 11) is 0. The first kappa shape index (κ1) is 21.9. The van der Waals surface area contributed by atoms with E-state index in [1.807, 2.05) is 38.1 Å². The van der Waals surface area contributed by atoms with Crippen LogP contribution in [0.1, 0.15) is 61.6 Å². The fraction of sp³-hybridized carbons (Fsp3) is 0.400. The summed E-state index contributed by atoms with van der Waals surface area (Å²) >= 11 is 0. The van der Waals surface area contributed by atoms with Crippen LogP contribution < -0.4 is 14.8 Å². The highest BCUT2D eigenvalue weighted by Crippen LogP contribution is 2.33. The Balaban J connectivity index is 1.51. The second kappa shape index (κ2) is 10.3. The maximum atomic E-state index is 12.8.